The van der Waals surface area contributed by atoms with Crippen LogP contribution in [0.15, 0.2) is 17.5 Å². The first-order valence-electron chi connectivity index (χ1n) is 6.35. The average Bonchev–Trinajstić information content (AvgIpc) is 2.92. The number of hydrogen-bond donors (Lipinski definition) is 2. The first kappa shape index (κ1) is 16.6. The van der Waals surface area contributed by atoms with Crippen LogP contribution in [-0.2, 0) is 25.5 Å². The zero-order chi connectivity index (χ0) is 14.6. The highest BCUT2D eigenvalue weighted by molar-refractivity contribution is 7.10. The van der Waals surface area contributed by atoms with Gasteiger partial charge in [-0.15, -0.1) is 11.3 Å². The third-order valence-electron chi connectivity index (χ3n) is 2.35. The number of methoxy groups -OCH3 is 1. The Hall–Kier alpha value is -1.44. The normalized spacial score (nSPS) is 10.2. The summed E-state index contributed by atoms with van der Waals surface area (Å²) in [5.41, 5.74) is 0. The van der Waals surface area contributed by atoms with Crippen molar-refractivity contribution in [2.45, 2.75) is 6.42 Å². The lowest BCUT2D eigenvalue weighted by Crippen LogP contribution is -2.36. The van der Waals surface area contributed by atoms with Crippen LogP contribution in [0.3, 0.4) is 0 Å². The van der Waals surface area contributed by atoms with Crippen molar-refractivity contribution in [3.63, 3.8) is 0 Å². The molecule has 1 aromatic heterocycles. The predicted molar refractivity (Wildman–Crippen MR) is 76.7 cm³/mol. The molecule has 20 heavy (non-hydrogen) atoms. The number of rotatable bonds is 10. The van der Waals surface area contributed by atoms with Crippen LogP contribution in [0.2, 0.25) is 0 Å². The molecule has 0 radical (unpaired) electrons. The minimum Gasteiger partial charge on any atom is -0.382 e. The molecule has 0 atom stereocenters. The maximum Gasteiger partial charge on any atom is 0.246 e. The third kappa shape index (κ3) is 7.88. The predicted octanol–water partition coefficient (Wildman–Crippen LogP) is 0.186. The fourth-order valence-corrected chi connectivity index (χ4v) is 2.10. The molecule has 0 aliphatic rings. The van der Waals surface area contributed by atoms with Crippen LogP contribution < -0.4 is 10.6 Å². The average molecular weight is 300 g/mol. The number of hydrogen-bond acceptors (Lipinski definition) is 5. The molecule has 0 fully saturated rings. The van der Waals surface area contributed by atoms with E-state index in [4.69, 9.17) is 9.47 Å². The van der Waals surface area contributed by atoms with Gasteiger partial charge < -0.3 is 20.1 Å². The maximum absolute atomic E-state index is 11.5. The molecule has 0 aliphatic heterocycles. The van der Waals surface area contributed by atoms with Gasteiger partial charge in [0.2, 0.25) is 11.8 Å². The standard InChI is InChI=1S/C13H20N2O4S/c1-18-6-7-19-10-13(17)15-5-4-14-12(16)9-11-3-2-8-20-11/h2-3,8H,4-7,9-10H2,1H3,(H,14,16)(H,15,17). The van der Waals surface area contributed by atoms with Gasteiger partial charge in [-0.1, -0.05) is 6.07 Å². The molecular formula is C13H20N2O4S. The summed E-state index contributed by atoms with van der Waals surface area (Å²) < 4.78 is 9.85. The van der Waals surface area contributed by atoms with Crippen LogP contribution in [0.4, 0.5) is 0 Å². The summed E-state index contributed by atoms with van der Waals surface area (Å²) in [4.78, 5) is 23.9. The fourth-order valence-electron chi connectivity index (χ4n) is 1.40. The number of amides is 2. The highest BCUT2D eigenvalue weighted by atomic mass is 32.1. The van der Waals surface area contributed by atoms with Gasteiger partial charge in [-0.2, -0.15) is 0 Å². The minimum atomic E-state index is -0.200. The van der Waals surface area contributed by atoms with Gasteiger partial charge in [0.15, 0.2) is 0 Å². The van der Waals surface area contributed by atoms with Crippen molar-refractivity contribution in [2.75, 3.05) is 40.0 Å². The van der Waals surface area contributed by atoms with Crippen LogP contribution in [-0.4, -0.2) is 51.8 Å². The third-order valence-corrected chi connectivity index (χ3v) is 3.23. The zero-order valence-corrected chi connectivity index (χ0v) is 12.3. The first-order chi connectivity index (χ1) is 9.72. The molecule has 1 aromatic rings. The van der Waals surface area contributed by atoms with Gasteiger partial charge >= 0.3 is 0 Å². The molecule has 2 N–H and O–H groups in total. The molecule has 112 valence electrons. The van der Waals surface area contributed by atoms with E-state index in [1.165, 1.54) is 0 Å². The van der Waals surface area contributed by atoms with Crippen LogP contribution >= 0.6 is 11.3 Å². The second kappa shape index (κ2) is 10.4. The number of carbonyl (C=O) groups is 2. The lowest BCUT2D eigenvalue weighted by Gasteiger charge is -2.07. The smallest absolute Gasteiger partial charge is 0.246 e. The molecule has 0 saturated carbocycles. The minimum absolute atomic E-state index is 0.00645. The molecule has 0 bridgehead atoms. The lowest BCUT2D eigenvalue weighted by molar-refractivity contribution is -0.126. The van der Waals surface area contributed by atoms with Crippen molar-refractivity contribution in [3.05, 3.63) is 22.4 Å². The van der Waals surface area contributed by atoms with E-state index in [0.717, 1.165) is 4.88 Å². The van der Waals surface area contributed by atoms with Gasteiger partial charge in [-0.05, 0) is 11.4 Å². The summed E-state index contributed by atoms with van der Waals surface area (Å²) >= 11 is 1.55. The summed E-state index contributed by atoms with van der Waals surface area (Å²) in [6.45, 7) is 1.66. The Balaban J connectivity index is 1.98. The second-order valence-electron chi connectivity index (χ2n) is 4.00. The van der Waals surface area contributed by atoms with E-state index in [2.05, 4.69) is 10.6 Å². The van der Waals surface area contributed by atoms with Gasteiger partial charge in [0.25, 0.3) is 0 Å². The summed E-state index contributed by atoms with van der Waals surface area (Å²) in [6, 6.07) is 3.83. The number of nitrogens with one attached hydrogen (secondary N) is 2. The van der Waals surface area contributed by atoms with E-state index in [1.807, 2.05) is 17.5 Å². The van der Waals surface area contributed by atoms with Crippen molar-refractivity contribution >= 4 is 23.2 Å². The molecule has 0 saturated heterocycles. The fraction of sp³-hybridized carbons (Fsp3) is 0.538. The molecule has 0 aliphatic carbocycles. The molecule has 6 nitrogen and oxygen atoms in total. The number of thiophene rings is 1. The first-order valence-corrected chi connectivity index (χ1v) is 7.23. The zero-order valence-electron chi connectivity index (χ0n) is 11.5. The van der Waals surface area contributed by atoms with Crippen molar-refractivity contribution in [1.82, 2.24) is 10.6 Å². The van der Waals surface area contributed by atoms with Crippen LogP contribution in [0.5, 0.6) is 0 Å². The maximum atomic E-state index is 11.5. The molecule has 0 aromatic carbocycles. The Morgan fingerprint density at radius 3 is 2.60 bits per heavy atom. The summed E-state index contributed by atoms with van der Waals surface area (Å²) in [6.07, 6.45) is 0.381. The molecular weight excluding hydrogens is 280 g/mol. The van der Waals surface area contributed by atoms with Crippen molar-refractivity contribution in [2.24, 2.45) is 0 Å². The summed E-state index contributed by atoms with van der Waals surface area (Å²) in [5.74, 6) is -0.244. The molecule has 1 heterocycles. The monoisotopic (exact) mass is 300 g/mol. The summed E-state index contributed by atoms with van der Waals surface area (Å²) in [5, 5.41) is 7.34. The van der Waals surface area contributed by atoms with E-state index in [0.29, 0.717) is 32.7 Å². The van der Waals surface area contributed by atoms with Crippen LogP contribution in [0.25, 0.3) is 0 Å². The SMILES string of the molecule is COCCOCC(=O)NCCNC(=O)Cc1cccs1. The van der Waals surface area contributed by atoms with Crippen molar-refractivity contribution < 1.29 is 19.1 Å². The molecule has 0 spiro atoms. The van der Waals surface area contributed by atoms with Gasteiger partial charge in [-0.3, -0.25) is 9.59 Å². The van der Waals surface area contributed by atoms with Gasteiger partial charge in [-0.25, -0.2) is 0 Å². The number of carbonyl (C=O) groups excluding carboxylic acids is 2. The van der Waals surface area contributed by atoms with Crippen LogP contribution in [0.1, 0.15) is 4.88 Å². The summed E-state index contributed by atoms with van der Waals surface area (Å²) in [7, 11) is 1.57. The largest absolute Gasteiger partial charge is 0.382 e. The highest BCUT2D eigenvalue weighted by Crippen LogP contribution is 2.08. The molecule has 0 unspecified atom stereocenters. The Labute approximate surface area is 122 Å². The molecule has 2 amide bonds. The highest BCUT2D eigenvalue weighted by Gasteiger charge is 2.04. The van der Waals surface area contributed by atoms with Gasteiger partial charge in [0.1, 0.15) is 6.61 Å². The van der Waals surface area contributed by atoms with E-state index in [9.17, 15) is 9.59 Å². The quantitative estimate of drug-likeness (QED) is 0.605. The number of ether oxygens (including phenoxy) is 2. The Bertz CT molecular complexity index is 395. The Morgan fingerprint density at radius 2 is 1.95 bits per heavy atom. The molecule has 1 rings (SSSR count). The molecule has 7 heteroatoms. The van der Waals surface area contributed by atoms with Gasteiger partial charge in [0.05, 0.1) is 19.6 Å². The van der Waals surface area contributed by atoms with E-state index in [-0.39, 0.29) is 18.4 Å². The van der Waals surface area contributed by atoms with Crippen LogP contribution in [0, 0.1) is 0 Å². The van der Waals surface area contributed by atoms with Crippen molar-refractivity contribution in [1.29, 1.82) is 0 Å². The van der Waals surface area contributed by atoms with Crippen molar-refractivity contribution in [3.8, 4) is 0 Å². The second-order valence-corrected chi connectivity index (χ2v) is 5.03. The van der Waals surface area contributed by atoms with Gasteiger partial charge in [0, 0.05) is 25.1 Å². The Kier molecular flexibility index (Phi) is 8.61. The van der Waals surface area contributed by atoms with E-state index >= 15 is 0 Å². The van der Waals surface area contributed by atoms with E-state index in [1.54, 1.807) is 18.4 Å². The topological polar surface area (TPSA) is 76.7 Å². The Morgan fingerprint density at radius 1 is 1.20 bits per heavy atom. The lowest BCUT2D eigenvalue weighted by atomic mass is 10.3. The van der Waals surface area contributed by atoms with E-state index < -0.39 is 0 Å².